The molecular weight excluding hydrogens is 312 g/mol. The largest absolute Gasteiger partial charge is 0.496 e. The number of methoxy groups -OCH3 is 1. The predicted molar refractivity (Wildman–Crippen MR) is 102 cm³/mol. The fourth-order valence-electron chi connectivity index (χ4n) is 2.52. The summed E-state index contributed by atoms with van der Waals surface area (Å²) in [6, 6.07) is 18.0. The van der Waals surface area contributed by atoms with Crippen molar-refractivity contribution in [2.45, 2.75) is 20.4 Å². The van der Waals surface area contributed by atoms with Gasteiger partial charge in [0.2, 0.25) is 5.95 Å². The first-order valence-corrected chi connectivity index (χ1v) is 8.19. The lowest BCUT2D eigenvalue weighted by atomic mass is 10.2. The summed E-state index contributed by atoms with van der Waals surface area (Å²) in [6.45, 7) is 4.65. The van der Waals surface area contributed by atoms with Gasteiger partial charge < -0.3 is 15.4 Å². The van der Waals surface area contributed by atoms with Crippen LogP contribution in [-0.4, -0.2) is 17.1 Å². The maximum atomic E-state index is 5.38. The van der Waals surface area contributed by atoms with Crippen LogP contribution in [0.3, 0.4) is 0 Å². The highest BCUT2D eigenvalue weighted by Crippen LogP contribution is 2.20. The summed E-state index contributed by atoms with van der Waals surface area (Å²) in [7, 11) is 1.68. The van der Waals surface area contributed by atoms with Crippen LogP contribution in [0.2, 0.25) is 0 Å². The Hall–Kier alpha value is -3.08. The number of nitrogens with zero attached hydrogens (tertiary/aromatic N) is 2. The van der Waals surface area contributed by atoms with Crippen molar-refractivity contribution in [1.82, 2.24) is 9.97 Å². The molecule has 0 saturated heterocycles. The van der Waals surface area contributed by atoms with Gasteiger partial charge >= 0.3 is 0 Å². The molecule has 0 saturated carbocycles. The number of aromatic nitrogens is 2. The molecule has 5 heteroatoms. The molecule has 0 bridgehead atoms. The van der Waals surface area contributed by atoms with Crippen LogP contribution in [0.1, 0.15) is 16.8 Å². The van der Waals surface area contributed by atoms with Crippen molar-refractivity contribution in [2.24, 2.45) is 0 Å². The van der Waals surface area contributed by atoms with Gasteiger partial charge in [-0.3, -0.25) is 0 Å². The van der Waals surface area contributed by atoms with Gasteiger partial charge in [-0.1, -0.05) is 35.9 Å². The second-order valence-electron chi connectivity index (χ2n) is 5.87. The van der Waals surface area contributed by atoms with Crippen molar-refractivity contribution >= 4 is 17.5 Å². The fraction of sp³-hybridized carbons (Fsp3) is 0.200. The molecule has 1 heterocycles. The van der Waals surface area contributed by atoms with Crippen molar-refractivity contribution < 1.29 is 4.74 Å². The molecule has 0 spiro atoms. The highest BCUT2D eigenvalue weighted by molar-refractivity contribution is 5.55. The van der Waals surface area contributed by atoms with E-state index in [1.807, 2.05) is 49.4 Å². The van der Waals surface area contributed by atoms with E-state index in [-0.39, 0.29) is 0 Å². The van der Waals surface area contributed by atoms with Gasteiger partial charge in [-0.2, -0.15) is 4.98 Å². The van der Waals surface area contributed by atoms with Crippen LogP contribution in [0.15, 0.2) is 54.6 Å². The van der Waals surface area contributed by atoms with Crippen molar-refractivity contribution in [3.8, 4) is 5.75 Å². The van der Waals surface area contributed by atoms with Gasteiger partial charge in [0.05, 0.1) is 7.11 Å². The minimum absolute atomic E-state index is 0.575. The minimum Gasteiger partial charge on any atom is -0.496 e. The summed E-state index contributed by atoms with van der Waals surface area (Å²) in [5.74, 6) is 2.21. The molecule has 2 aromatic carbocycles. The minimum atomic E-state index is 0.575. The topological polar surface area (TPSA) is 59.1 Å². The number of hydrogen-bond donors (Lipinski definition) is 2. The Morgan fingerprint density at radius 2 is 1.72 bits per heavy atom. The molecule has 5 nitrogen and oxygen atoms in total. The zero-order chi connectivity index (χ0) is 17.6. The van der Waals surface area contributed by atoms with Gasteiger partial charge in [0.15, 0.2) is 0 Å². The molecule has 1 aromatic heterocycles. The standard InChI is InChI=1S/C20H22N4O/c1-14-8-10-17(11-9-14)23-20-22-15(2)12-19(24-20)21-13-16-6-4-5-7-18(16)25-3/h4-12H,13H2,1-3H3,(H2,21,22,23,24). The summed E-state index contributed by atoms with van der Waals surface area (Å²) >= 11 is 0. The predicted octanol–water partition coefficient (Wildman–Crippen LogP) is 4.46. The summed E-state index contributed by atoms with van der Waals surface area (Å²) in [5, 5.41) is 6.59. The van der Waals surface area contributed by atoms with Crippen molar-refractivity contribution in [2.75, 3.05) is 17.7 Å². The smallest absolute Gasteiger partial charge is 0.229 e. The Labute approximate surface area is 148 Å². The Kier molecular flexibility index (Phi) is 5.14. The van der Waals surface area contributed by atoms with E-state index in [2.05, 4.69) is 39.7 Å². The average Bonchev–Trinajstić information content (AvgIpc) is 2.62. The van der Waals surface area contributed by atoms with Crippen LogP contribution >= 0.6 is 0 Å². The first-order valence-electron chi connectivity index (χ1n) is 8.19. The van der Waals surface area contributed by atoms with Gasteiger partial charge in [0.1, 0.15) is 11.6 Å². The summed E-state index contributed by atoms with van der Waals surface area (Å²) in [4.78, 5) is 9.00. The number of rotatable bonds is 6. The number of benzene rings is 2. The number of ether oxygens (including phenoxy) is 1. The third-order valence-electron chi connectivity index (χ3n) is 3.81. The second-order valence-corrected chi connectivity index (χ2v) is 5.87. The number of nitrogens with one attached hydrogen (secondary N) is 2. The van der Waals surface area contributed by atoms with Crippen LogP contribution in [0.4, 0.5) is 17.5 Å². The van der Waals surface area contributed by atoms with E-state index < -0.39 is 0 Å². The van der Waals surface area contributed by atoms with E-state index in [0.29, 0.717) is 12.5 Å². The third-order valence-corrected chi connectivity index (χ3v) is 3.81. The molecular formula is C20H22N4O. The zero-order valence-electron chi connectivity index (χ0n) is 14.7. The maximum absolute atomic E-state index is 5.38. The van der Waals surface area contributed by atoms with Crippen LogP contribution in [0.5, 0.6) is 5.75 Å². The van der Waals surface area contributed by atoms with Gasteiger partial charge in [0, 0.05) is 29.6 Å². The summed E-state index contributed by atoms with van der Waals surface area (Å²) in [5.41, 5.74) is 4.16. The molecule has 3 aromatic rings. The molecule has 0 aliphatic heterocycles. The molecule has 0 unspecified atom stereocenters. The molecule has 0 aliphatic rings. The highest BCUT2D eigenvalue weighted by atomic mass is 16.5. The summed E-state index contributed by atoms with van der Waals surface area (Å²) < 4.78 is 5.38. The molecule has 25 heavy (non-hydrogen) atoms. The maximum Gasteiger partial charge on any atom is 0.229 e. The van der Waals surface area contributed by atoms with E-state index in [1.54, 1.807) is 7.11 Å². The normalized spacial score (nSPS) is 10.4. The lowest BCUT2D eigenvalue weighted by Crippen LogP contribution is -2.06. The first kappa shape index (κ1) is 16.8. The van der Waals surface area contributed by atoms with E-state index in [9.17, 15) is 0 Å². The van der Waals surface area contributed by atoms with Crippen molar-refractivity contribution in [1.29, 1.82) is 0 Å². The number of hydrogen-bond acceptors (Lipinski definition) is 5. The monoisotopic (exact) mass is 334 g/mol. The van der Waals surface area contributed by atoms with E-state index in [1.165, 1.54) is 5.56 Å². The zero-order valence-corrected chi connectivity index (χ0v) is 14.7. The summed E-state index contributed by atoms with van der Waals surface area (Å²) in [6.07, 6.45) is 0. The lowest BCUT2D eigenvalue weighted by molar-refractivity contribution is 0.410. The Bertz CT molecular complexity index is 847. The molecule has 2 N–H and O–H groups in total. The van der Waals surface area contributed by atoms with Gasteiger partial charge in [-0.05, 0) is 32.0 Å². The SMILES string of the molecule is COc1ccccc1CNc1cc(C)nc(Nc2ccc(C)cc2)n1. The molecule has 0 atom stereocenters. The van der Waals surface area contributed by atoms with Gasteiger partial charge in [-0.15, -0.1) is 0 Å². The molecule has 0 fully saturated rings. The van der Waals surface area contributed by atoms with Gasteiger partial charge in [0.25, 0.3) is 0 Å². The van der Waals surface area contributed by atoms with Crippen LogP contribution < -0.4 is 15.4 Å². The Balaban J connectivity index is 1.74. The average molecular weight is 334 g/mol. The van der Waals surface area contributed by atoms with Crippen molar-refractivity contribution in [3.05, 3.63) is 71.4 Å². The Morgan fingerprint density at radius 3 is 2.48 bits per heavy atom. The Morgan fingerprint density at radius 1 is 0.960 bits per heavy atom. The van der Waals surface area contributed by atoms with Crippen molar-refractivity contribution in [3.63, 3.8) is 0 Å². The van der Waals surface area contributed by atoms with E-state index in [0.717, 1.165) is 28.5 Å². The van der Waals surface area contributed by atoms with E-state index in [4.69, 9.17) is 4.74 Å². The number of anilines is 3. The van der Waals surface area contributed by atoms with Crippen LogP contribution in [0.25, 0.3) is 0 Å². The fourth-order valence-corrected chi connectivity index (χ4v) is 2.52. The molecule has 0 radical (unpaired) electrons. The molecule has 3 rings (SSSR count). The molecule has 0 amide bonds. The quantitative estimate of drug-likeness (QED) is 0.697. The molecule has 128 valence electrons. The number of para-hydroxylation sites is 1. The van der Waals surface area contributed by atoms with E-state index >= 15 is 0 Å². The van der Waals surface area contributed by atoms with Gasteiger partial charge in [-0.25, -0.2) is 4.98 Å². The highest BCUT2D eigenvalue weighted by Gasteiger charge is 2.05. The third kappa shape index (κ3) is 4.47. The number of aryl methyl sites for hydroxylation is 2. The van der Waals surface area contributed by atoms with Crippen LogP contribution in [-0.2, 0) is 6.54 Å². The molecule has 0 aliphatic carbocycles. The first-order chi connectivity index (χ1) is 12.1. The van der Waals surface area contributed by atoms with Crippen LogP contribution in [0, 0.1) is 13.8 Å². The lowest BCUT2D eigenvalue weighted by Gasteiger charge is -2.12. The second kappa shape index (κ2) is 7.66.